The number of hydrogen-bond acceptors (Lipinski definition) is 5. The van der Waals surface area contributed by atoms with Crippen molar-refractivity contribution in [2.45, 2.75) is 26.7 Å². The molecule has 5 nitrogen and oxygen atoms in total. The normalized spacial score (nSPS) is 24.8. The van der Waals surface area contributed by atoms with E-state index < -0.39 is 0 Å². The lowest BCUT2D eigenvalue weighted by Gasteiger charge is -2.24. The van der Waals surface area contributed by atoms with E-state index in [-0.39, 0.29) is 5.97 Å². The number of methoxy groups -OCH3 is 1. The lowest BCUT2D eigenvalue weighted by Crippen LogP contribution is -2.29. The average molecular weight is 289 g/mol. The van der Waals surface area contributed by atoms with Gasteiger partial charge in [-0.05, 0) is 44.9 Å². The minimum absolute atomic E-state index is 0.304. The second-order valence-corrected chi connectivity index (χ2v) is 6.35. The molecule has 21 heavy (non-hydrogen) atoms. The number of carbonyl (C=O) groups is 1. The number of hydrogen-bond donors (Lipinski definition) is 1. The molecule has 1 N–H and O–H groups in total. The van der Waals surface area contributed by atoms with Crippen molar-refractivity contribution < 1.29 is 9.53 Å². The van der Waals surface area contributed by atoms with Gasteiger partial charge in [-0.3, -0.25) is 0 Å². The number of nitrogens with zero attached hydrogens (tertiary/aromatic N) is 2. The molecule has 0 amide bonds. The van der Waals surface area contributed by atoms with Gasteiger partial charge < -0.3 is 15.0 Å². The molecule has 0 saturated carbocycles. The highest BCUT2D eigenvalue weighted by Crippen LogP contribution is 2.38. The Kier molecular flexibility index (Phi) is 3.61. The highest BCUT2D eigenvalue weighted by Gasteiger charge is 2.40. The highest BCUT2D eigenvalue weighted by molar-refractivity contribution is 5.92. The summed E-state index contributed by atoms with van der Waals surface area (Å²) >= 11 is 0. The maximum atomic E-state index is 11.8. The molecule has 2 aliphatic rings. The first-order chi connectivity index (χ1) is 10.0. The van der Waals surface area contributed by atoms with Crippen molar-refractivity contribution in [3.63, 3.8) is 0 Å². The molecule has 1 aromatic rings. The Morgan fingerprint density at radius 2 is 2.24 bits per heavy atom. The summed E-state index contributed by atoms with van der Waals surface area (Å²) in [4.78, 5) is 18.8. The quantitative estimate of drug-likeness (QED) is 0.839. The number of ether oxygens (including phenoxy) is 1. The first kappa shape index (κ1) is 14.3. The number of esters is 1. The van der Waals surface area contributed by atoms with Gasteiger partial charge in [-0.2, -0.15) is 0 Å². The van der Waals surface area contributed by atoms with E-state index in [0.29, 0.717) is 11.0 Å². The molecule has 1 atom stereocenters. The van der Waals surface area contributed by atoms with Crippen LogP contribution in [0.25, 0.3) is 0 Å². The topological polar surface area (TPSA) is 54.5 Å². The molecule has 2 saturated heterocycles. The van der Waals surface area contributed by atoms with E-state index in [1.165, 1.54) is 20.0 Å². The first-order valence-corrected chi connectivity index (χ1v) is 7.57. The van der Waals surface area contributed by atoms with E-state index in [0.717, 1.165) is 43.3 Å². The van der Waals surface area contributed by atoms with Crippen molar-refractivity contribution in [3.8, 4) is 0 Å². The van der Waals surface area contributed by atoms with Crippen LogP contribution in [0.5, 0.6) is 0 Å². The summed E-state index contributed by atoms with van der Waals surface area (Å²) in [5.41, 5.74) is 2.71. The van der Waals surface area contributed by atoms with Gasteiger partial charge in [0.2, 0.25) is 0 Å². The molecule has 3 heterocycles. The zero-order valence-electron chi connectivity index (χ0n) is 13.0. The van der Waals surface area contributed by atoms with Crippen LogP contribution >= 0.6 is 0 Å². The summed E-state index contributed by atoms with van der Waals surface area (Å²) in [7, 11) is 1.41. The molecule has 0 bridgehead atoms. The second-order valence-electron chi connectivity index (χ2n) is 6.35. The fourth-order valence-electron chi connectivity index (χ4n) is 3.66. The Bertz CT molecular complexity index is 542. The molecular weight excluding hydrogens is 266 g/mol. The molecule has 114 valence electrons. The molecule has 0 aromatic carbocycles. The van der Waals surface area contributed by atoms with Crippen molar-refractivity contribution in [3.05, 3.63) is 22.9 Å². The van der Waals surface area contributed by atoms with Gasteiger partial charge in [-0.1, -0.05) is 0 Å². The van der Waals surface area contributed by atoms with Gasteiger partial charge in [0.05, 0.1) is 18.4 Å². The van der Waals surface area contributed by atoms with Gasteiger partial charge in [0.1, 0.15) is 5.82 Å². The summed E-state index contributed by atoms with van der Waals surface area (Å²) < 4.78 is 4.84. The Morgan fingerprint density at radius 3 is 2.86 bits per heavy atom. The van der Waals surface area contributed by atoms with Crippen molar-refractivity contribution in [2.24, 2.45) is 5.41 Å². The monoisotopic (exact) mass is 289 g/mol. The van der Waals surface area contributed by atoms with Crippen molar-refractivity contribution >= 4 is 11.8 Å². The third-order valence-corrected chi connectivity index (χ3v) is 4.87. The molecule has 3 rings (SSSR count). The summed E-state index contributed by atoms with van der Waals surface area (Å²) in [6.07, 6.45) is 2.47. The first-order valence-electron chi connectivity index (χ1n) is 7.57. The number of rotatable bonds is 2. The average Bonchev–Trinajstić information content (AvgIpc) is 3.08. The largest absolute Gasteiger partial charge is 0.465 e. The minimum atomic E-state index is -0.304. The molecule has 0 radical (unpaired) electrons. The van der Waals surface area contributed by atoms with Crippen LogP contribution in [0.2, 0.25) is 0 Å². The fourth-order valence-corrected chi connectivity index (χ4v) is 3.66. The summed E-state index contributed by atoms with van der Waals surface area (Å²) in [6.45, 7) is 8.18. The SMILES string of the molecule is COC(=O)c1c(C)cc(N2CCC3(CCNC3)C2)nc1C. The van der Waals surface area contributed by atoms with Crippen molar-refractivity contribution in [2.75, 3.05) is 38.2 Å². The predicted molar refractivity (Wildman–Crippen MR) is 81.8 cm³/mol. The highest BCUT2D eigenvalue weighted by atomic mass is 16.5. The second kappa shape index (κ2) is 5.30. The Balaban J connectivity index is 1.85. The third kappa shape index (κ3) is 2.50. The number of carbonyl (C=O) groups excluding carboxylic acids is 1. The number of aromatic nitrogens is 1. The van der Waals surface area contributed by atoms with E-state index in [2.05, 4.69) is 15.2 Å². The van der Waals surface area contributed by atoms with Gasteiger partial charge in [0, 0.05) is 25.0 Å². The summed E-state index contributed by atoms with van der Waals surface area (Å²) in [6, 6.07) is 2.01. The molecule has 0 aliphatic carbocycles. The van der Waals surface area contributed by atoms with Gasteiger partial charge >= 0.3 is 5.97 Å². The van der Waals surface area contributed by atoms with Crippen molar-refractivity contribution in [1.29, 1.82) is 0 Å². The Morgan fingerprint density at radius 1 is 1.43 bits per heavy atom. The lowest BCUT2D eigenvalue weighted by atomic mass is 9.87. The van der Waals surface area contributed by atoms with E-state index in [4.69, 9.17) is 4.74 Å². The predicted octanol–water partition coefficient (Wildman–Crippen LogP) is 1.67. The molecule has 1 unspecified atom stereocenters. The number of nitrogens with one attached hydrogen (secondary N) is 1. The molecule has 2 fully saturated rings. The molecule has 1 spiro atoms. The van der Waals surface area contributed by atoms with Crippen LogP contribution in [-0.4, -0.2) is 44.2 Å². The Labute approximate surface area is 125 Å². The number of aryl methyl sites for hydroxylation is 2. The van der Waals surface area contributed by atoms with Crippen LogP contribution in [0.1, 0.15) is 34.5 Å². The zero-order chi connectivity index (χ0) is 15.0. The van der Waals surface area contributed by atoms with Crippen molar-refractivity contribution in [1.82, 2.24) is 10.3 Å². The van der Waals surface area contributed by atoms with E-state index in [1.807, 2.05) is 19.9 Å². The summed E-state index contributed by atoms with van der Waals surface area (Å²) in [5.74, 6) is 0.684. The van der Waals surface area contributed by atoms with Crippen LogP contribution in [0.15, 0.2) is 6.07 Å². The van der Waals surface area contributed by atoms with Gasteiger partial charge in [0.15, 0.2) is 0 Å². The van der Waals surface area contributed by atoms with Crippen LogP contribution in [0.3, 0.4) is 0 Å². The van der Waals surface area contributed by atoms with Gasteiger partial charge in [-0.25, -0.2) is 9.78 Å². The molecule has 5 heteroatoms. The van der Waals surface area contributed by atoms with Crippen LogP contribution < -0.4 is 10.2 Å². The maximum absolute atomic E-state index is 11.8. The van der Waals surface area contributed by atoms with Crippen LogP contribution in [0, 0.1) is 19.3 Å². The molecule has 1 aromatic heterocycles. The maximum Gasteiger partial charge on any atom is 0.339 e. The third-order valence-electron chi connectivity index (χ3n) is 4.87. The lowest BCUT2D eigenvalue weighted by molar-refractivity contribution is 0.0598. The minimum Gasteiger partial charge on any atom is -0.465 e. The zero-order valence-corrected chi connectivity index (χ0v) is 13.0. The standard InChI is InChI=1S/C16H23N3O2/c1-11-8-13(18-12(2)14(11)15(20)21-3)19-7-5-16(10-19)4-6-17-9-16/h8,17H,4-7,9-10H2,1-3H3. The van der Waals surface area contributed by atoms with E-state index in [9.17, 15) is 4.79 Å². The van der Waals surface area contributed by atoms with Crippen LogP contribution in [-0.2, 0) is 4.74 Å². The fraction of sp³-hybridized carbons (Fsp3) is 0.625. The van der Waals surface area contributed by atoms with Gasteiger partial charge in [0.25, 0.3) is 0 Å². The van der Waals surface area contributed by atoms with E-state index in [1.54, 1.807) is 0 Å². The Hall–Kier alpha value is -1.62. The number of anilines is 1. The van der Waals surface area contributed by atoms with Gasteiger partial charge in [-0.15, -0.1) is 0 Å². The molecular formula is C16H23N3O2. The summed E-state index contributed by atoms with van der Waals surface area (Å²) in [5, 5.41) is 3.47. The van der Waals surface area contributed by atoms with E-state index >= 15 is 0 Å². The van der Waals surface area contributed by atoms with Crippen LogP contribution in [0.4, 0.5) is 5.82 Å². The molecule has 2 aliphatic heterocycles. The smallest absolute Gasteiger partial charge is 0.339 e. The number of pyridine rings is 1.